The van der Waals surface area contributed by atoms with Crippen molar-refractivity contribution in [3.8, 4) is 6.07 Å². The zero-order chi connectivity index (χ0) is 17.6. The van der Waals surface area contributed by atoms with E-state index in [4.69, 9.17) is 5.26 Å². The third-order valence-corrected chi connectivity index (χ3v) is 3.56. The summed E-state index contributed by atoms with van der Waals surface area (Å²) in [7, 11) is 0. The Kier molecular flexibility index (Phi) is 4.67. The first-order valence-corrected chi connectivity index (χ1v) is 7.59. The largest absolute Gasteiger partial charge is 0.410 e. The summed E-state index contributed by atoms with van der Waals surface area (Å²) in [6.07, 6.45) is 1.59. The van der Waals surface area contributed by atoms with Crippen molar-refractivity contribution < 1.29 is 5.21 Å². The van der Waals surface area contributed by atoms with Crippen molar-refractivity contribution >= 4 is 17.3 Å². The van der Waals surface area contributed by atoms with Crippen LogP contribution in [0.3, 0.4) is 0 Å². The van der Waals surface area contributed by atoms with Crippen molar-refractivity contribution in [1.82, 2.24) is 9.97 Å². The molecule has 0 atom stereocenters. The molecule has 3 rings (SSSR count). The molecule has 1 heterocycles. The van der Waals surface area contributed by atoms with Crippen LogP contribution in [0.25, 0.3) is 0 Å². The molecule has 0 aliphatic carbocycles. The van der Waals surface area contributed by atoms with Crippen LogP contribution in [0, 0.1) is 18.3 Å². The Morgan fingerprint density at radius 3 is 2.64 bits per heavy atom. The second-order valence-corrected chi connectivity index (χ2v) is 5.40. The molecule has 2 N–H and O–H groups in total. The summed E-state index contributed by atoms with van der Waals surface area (Å²) < 4.78 is 0. The molecule has 2 aromatic carbocycles. The third-order valence-electron chi connectivity index (χ3n) is 3.56. The van der Waals surface area contributed by atoms with Gasteiger partial charge in [0.25, 0.3) is 0 Å². The minimum absolute atomic E-state index is 0.369. The van der Waals surface area contributed by atoms with E-state index in [0.717, 1.165) is 16.8 Å². The molecule has 122 valence electrons. The molecule has 3 aromatic rings. The molecule has 0 unspecified atom stereocenters. The number of nitrogens with zero attached hydrogens (tertiary/aromatic N) is 4. The van der Waals surface area contributed by atoms with E-state index in [1.807, 2.05) is 31.2 Å². The van der Waals surface area contributed by atoms with Gasteiger partial charge in [-0.05, 0) is 43.3 Å². The van der Waals surface area contributed by atoms with Gasteiger partial charge in [0.2, 0.25) is 5.95 Å². The average Bonchev–Trinajstić information content (AvgIpc) is 2.63. The number of hydrogen-bond donors (Lipinski definition) is 2. The van der Waals surface area contributed by atoms with Crippen LogP contribution in [0.2, 0.25) is 0 Å². The number of nitriles is 1. The number of oxime groups is 1. The minimum atomic E-state index is 0.369. The number of nitrogens with one attached hydrogen (secondary N) is 1. The Balaban J connectivity index is 1.88. The maximum atomic E-state index is 9.44. The van der Waals surface area contributed by atoms with E-state index in [1.54, 1.807) is 36.5 Å². The van der Waals surface area contributed by atoms with Crippen molar-refractivity contribution in [1.29, 1.82) is 5.26 Å². The van der Waals surface area contributed by atoms with Gasteiger partial charge in [-0.25, -0.2) is 9.97 Å². The lowest BCUT2D eigenvalue weighted by Crippen LogP contribution is -2.08. The van der Waals surface area contributed by atoms with Crippen molar-refractivity contribution in [3.63, 3.8) is 0 Å². The second kappa shape index (κ2) is 7.23. The van der Waals surface area contributed by atoms with Gasteiger partial charge in [-0.2, -0.15) is 5.26 Å². The molecule has 0 bridgehead atoms. The normalized spacial score (nSPS) is 11.0. The van der Waals surface area contributed by atoms with E-state index < -0.39 is 0 Å². The first-order valence-electron chi connectivity index (χ1n) is 7.59. The quantitative estimate of drug-likeness (QED) is 0.433. The van der Waals surface area contributed by atoms with Crippen LogP contribution < -0.4 is 5.32 Å². The summed E-state index contributed by atoms with van der Waals surface area (Å²) in [6, 6.07) is 18.4. The predicted molar refractivity (Wildman–Crippen MR) is 95.1 cm³/mol. The lowest BCUT2D eigenvalue weighted by molar-refractivity contribution is 0.319. The molecule has 1 aromatic heterocycles. The van der Waals surface area contributed by atoms with Crippen molar-refractivity contribution in [2.45, 2.75) is 6.92 Å². The van der Waals surface area contributed by atoms with Crippen LogP contribution in [0.5, 0.6) is 0 Å². The van der Waals surface area contributed by atoms with E-state index in [0.29, 0.717) is 22.9 Å². The Bertz CT molecular complexity index is 958. The molecular weight excluding hydrogens is 314 g/mol. The lowest BCUT2D eigenvalue weighted by Gasteiger charge is -2.08. The zero-order valence-electron chi connectivity index (χ0n) is 13.5. The Labute approximate surface area is 145 Å². The number of benzene rings is 2. The highest BCUT2D eigenvalue weighted by atomic mass is 16.4. The Morgan fingerprint density at radius 1 is 1.16 bits per heavy atom. The summed E-state index contributed by atoms with van der Waals surface area (Å²) in [5, 5.41) is 24.7. The highest BCUT2D eigenvalue weighted by Gasteiger charge is 2.11. The van der Waals surface area contributed by atoms with Crippen LogP contribution in [0.1, 0.15) is 22.4 Å². The minimum Gasteiger partial charge on any atom is -0.410 e. The average molecular weight is 329 g/mol. The molecule has 6 nitrogen and oxygen atoms in total. The molecular formula is C19H15N5O. The second-order valence-electron chi connectivity index (χ2n) is 5.40. The van der Waals surface area contributed by atoms with Gasteiger partial charge < -0.3 is 10.5 Å². The molecule has 0 aliphatic rings. The fraction of sp³-hybridized carbons (Fsp3) is 0.0526. The summed E-state index contributed by atoms with van der Waals surface area (Å²) >= 11 is 0. The highest BCUT2D eigenvalue weighted by Crippen LogP contribution is 2.16. The van der Waals surface area contributed by atoms with Crippen LogP contribution in [0.4, 0.5) is 11.6 Å². The fourth-order valence-electron chi connectivity index (χ4n) is 2.36. The van der Waals surface area contributed by atoms with Gasteiger partial charge in [-0.3, -0.25) is 0 Å². The van der Waals surface area contributed by atoms with Crippen LogP contribution in [0.15, 0.2) is 65.9 Å². The first kappa shape index (κ1) is 16.1. The number of anilines is 2. The monoisotopic (exact) mass is 329 g/mol. The Morgan fingerprint density at radius 2 is 1.96 bits per heavy atom. The maximum Gasteiger partial charge on any atom is 0.227 e. The molecule has 0 amide bonds. The van der Waals surface area contributed by atoms with Crippen molar-refractivity contribution in [3.05, 3.63) is 83.2 Å². The van der Waals surface area contributed by atoms with E-state index in [-0.39, 0.29) is 0 Å². The lowest BCUT2D eigenvalue weighted by atomic mass is 10.1. The van der Waals surface area contributed by atoms with Crippen molar-refractivity contribution in [2.24, 2.45) is 5.16 Å². The third kappa shape index (κ3) is 3.79. The van der Waals surface area contributed by atoms with Gasteiger partial charge in [0.05, 0.1) is 17.3 Å². The Hall–Kier alpha value is -3.72. The molecule has 0 saturated heterocycles. The summed E-state index contributed by atoms with van der Waals surface area (Å²) in [6.45, 7) is 1.97. The summed E-state index contributed by atoms with van der Waals surface area (Å²) in [5.74, 6) is 0.371. The molecule has 6 heteroatoms. The highest BCUT2D eigenvalue weighted by molar-refractivity contribution is 6.11. The summed E-state index contributed by atoms with van der Waals surface area (Å²) in [4.78, 5) is 8.59. The molecule has 0 saturated carbocycles. The SMILES string of the molecule is Cc1cccc(/C(=N/O)c2ccnc(Nc3ccc(C#N)cc3)n2)c1. The molecule has 0 fully saturated rings. The van der Waals surface area contributed by atoms with Gasteiger partial charge in [0.15, 0.2) is 0 Å². The van der Waals surface area contributed by atoms with Gasteiger partial charge >= 0.3 is 0 Å². The van der Waals surface area contributed by atoms with Crippen LogP contribution >= 0.6 is 0 Å². The van der Waals surface area contributed by atoms with Crippen molar-refractivity contribution in [2.75, 3.05) is 5.32 Å². The van der Waals surface area contributed by atoms with Crippen LogP contribution in [-0.4, -0.2) is 20.9 Å². The van der Waals surface area contributed by atoms with Crippen LogP contribution in [-0.2, 0) is 0 Å². The van der Waals surface area contributed by atoms with Gasteiger partial charge in [-0.1, -0.05) is 28.9 Å². The maximum absolute atomic E-state index is 9.44. The smallest absolute Gasteiger partial charge is 0.227 e. The number of rotatable bonds is 4. The van der Waals surface area contributed by atoms with Gasteiger partial charge in [-0.15, -0.1) is 0 Å². The van der Waals surface area contributed by atoms with E-state index in [2.05, 4.69) is 26.5 Å². The van der Waals surface area contributed by atoms with E-state index in [1.165, 1.54) is 0 Å². The van der Waals surface area contributed by atoms with E-state index >= 15 is 0 Å². The molecule has 25 heavy (non-hydrogen) atoms. The molecule has 0 spiro atoms. The topological polar surface area (TPSA) is 94.2 Å². The molecule has 0 aliphatic heterocycles. The molecule has 0 radical (unpaired) electrons. The first-order chi connectivity index (χ1) is 12.2. The standard InChI is InChI=1S/C19H15N5O/c1-13-3-2-4-15(11-13)18(24-25)17-9-10-21-19(23-17)22-16-7-5-14(12-20)6-8-16/h2-11,25H,1H3,(H,21,22,23)/b24-18-. The fourth-order valence-corrected chi connectivity index (χ4v) is 2.36. The zero-order valence-corrected chi connectivity index (χ0v) is 13.5. The predicted octanol–water partition coefficient (Wildman–Crippen LogP) is 3.63. The number of aromatic nitrogens is 2. The van der Waals surface area contributed by atoms with Gasteiger partial charge in [0.1, 0.15) is 5.71 Å². The number of aryl methyl sites for hydroxylation is 1. The summed E-state index contributed by atoms with van der Waals surface area (Å²) in [5.41, 5.74) is 4.03. The number of hydrogen-bond acceptors (Lipinski definition) is 6. The van der Waals surface area contributed by atoms with Gasteiger partial charge in [0, 0.05) is 17.4 Å². The van der Waals surface area contributed by atoms with E-state index in [9.17, 15) is 5.21 Å².